The van der Waals surface area contributed by atoms with Crippen LogP contribution in [-0.2, 0) is 6.42 Å². The van der Waals surface area contributed by atoms with Gasteiger partial charge in [-0.3, -0.25) is 0 Å². The predicted molar refractivity (Wildman–Crippen MR) is 67.3 cm³/mol. The maximum atomic E-state index is 9.58. The number of aliphatic hydroxyl groups is 1. The maximum absolute atomic E-state index is 9.58. The molecule has 2 nitrogen and oxygen atoms in total. The van der Waals surface area contributed by atoms with E-state index in [0.717, 1.165) is 25.9 Å². The lowest BCUT2D eigenvalue weighted by Gasteiger charge is -2.36. The molecule has 4 heteroatoms. The number of hydrogen-bond donors (Lipinski definition) is 2. The minimum Gasteiger partial charge on any atom is -0.396 e. The molecular weight excluding hydrogens is 274 g/mol. The van der Waals surface area contributed by atoms with Gasteiger partial charge in [0.25, 0.3) is 0 Å². The molecule has 1 aliphatic rings. The molecule has 0 spiro atoms. The molecule has 1 saturated heterocycles. The summed E-state index contributed by atoms with van der Waals surface area (Å²) in [4.78, 5) is 1.35. The zero-order chi connectivity index (χ0) is 10.7. The molecule has 1 aromatic rings. The van der Waals surface area contributed by atoms with Gasteiger partial charge in [-0.2, -0.15) is 0 Å². The first-order valence-electron chi connectivity index (χ1n) is 5.29. The molecule has 0 aromatic carbocycles. The topological polar surface area (TPSA) is 32.3 Å². The third-order valence-corrected chi connectivity index (χ3v) is 5.05. The Morgan fingerprint density at radius 1 is 1.60 bits per heavy atom. The summed E-state index contributed by atoms with van der Waals surface area (Å²) in [6.07, 6.45) is 3.28. The van der Waals surface area contributed by atoms with Gasteiger partial charge in [-0.25, -0.2) is 0 Å². The molecule has 2 heterocycles. The van der Waals surface area contributed by atoms with E-state index in [1.165, 1.54) is 15.8 Å². The summed E-state index contributed by atoms with van der Waals surface area (Å²) < 4.78 is 1.19. The quantitative estimate of drug-likeness (QED) is 0.896. The number of aliphatic hydroxyl groups excluding tert-OH is 1. The SMILES string of the molecule is OCC1(Cc2sccc2Br)CCCNC1. The average molecular weight is 290 g/mol. The predicted octanol–water partition coefficient (Wildman–Crippen LogP) is 2.42. The molecule has 0 radical (unpaired) electrons. The van der Waals surface area contributed by atoms with Crippen molar-refractivity contribution >= 4 is 27.3 Å². The molecule has 0 aliphatic carbocycles. The highest BCUT2D eigenvalue weighted by Crippen LogP contribution is 2.34. The van der Waals surface area contributed by atoms with Crippen LogP contribution < -0.4 is 5.32 Å². The molecular formula is C11H16BrNOS. The first kappa shape index (κ1) is 11.6. The molecule has 0 amide bonds. The van der Waals surface area contributed by atoms with Crippen LogP contribution in [0.5, 0.6) is 0 Å². The van der Waals surface area contributed by atoms with E-state index in [1.807, 2.05) is 0 Å². The molecule has 0 bridgehead atoms. The van der Waals surface area contributed by atoms with E-state index in [4.69, 9.17) is 0 Å². The van der Waals surface area contributed by atoms with Crippen molar-refractivity contribution in [3.8, 4) is 0 Å². The van der Waals surface area contributed by atoms with Crippen molar-refractivity contribution < 1.29 is 5.11 Å². The third kappa shape index (κ3) is 2.61. The standard InChI is InChI=1S/C11H16BrNOS/c12-9-2-5-15-10(9)6-11(8-14)3-1-4-13-7-11/h2,5,13-14H,1,3-4,6-8H2. The zero-order valence-electron chi connectivity index (χ0n) is 8.63. The molecule has 2 N–H and O–H groups in total. The first-order chi connectivity index (χ1) is 7.26. The summed E-state index contributed by atoms with van der Waals surface area (Å²) in [5.74, 6) is 0. The van der Waals surface area contributed by atoms with Crippen LogP contribution in [0.4, 0.5) is 0 Å². The van der Waals surface area contributed by atoms with Gasteiger partial charge >= 0.3 is 0 Å². The smallest absolute Gasteiger partial charge is 0.0503 e. The summed E-state index contributed by atoms with van der Waals surface area (Å²) in [5.41, 5.74) is 0.0611. The Morgan fingerprint density at radius 3 is 3.00 bits per heavy atom. The molecule has 1 unspecified atom stereocenters. The van der Waals surface area contributed by atoms with Gasteiger partial charge in [0.1, 0.15) is 0 Å². The summed E-state index contributed by atoms with van der Waals surface area (Å²) in [5, 5.41) is 15.1. The Morgan fingerprint density at radius 2 is 2.47 bits per heavy atom. The molecule has 1 aliphatic heterocycles. The number of halogens is 1. The normalized spacial score (nSPS) is 26.8. The first-order valence-corrected chi connectivity index (χ1v) is 6.96. The monoisotopic (exact) mass is 289 g/mol. The number of piperidine rings is 1. The molecule has 2 rings (SSSR count). The van der Waals surface area contributed by atoms with Crippen molar-refractivity contribution in [2.75, 3.05) is 19.7 Å². The molecule has 84 valence electrons. The number of hydrogen-bond acceptors (Lipinski definition) is 3. The van der Waals surface area contributed by atoms with Crippen LogP contribution in [0, 0.1) is 5.41 Å². The fourth-order valence-electron chi connectivity index (χ4n) is 2.16. The Kier molecular flexibility index (Phi) is 3.83. The molecule has 1 fully saturated rings. The van der Waals surface area contributed by atoms with Crippen molar-refractivity contribution in [1.82, 2.24) is 5.32 Å². The molecule has 1 aromatic heterocycles. The number of nitrogens with one attached hydrogen (secondary N) is 1. The lowest BCUT2D eigenvalue weighted by Crippen LogP contribution is -2.43. The van der Waals surface area contributed by atoms with Gasteiger partial charge in [0.15, 0.2) is 0 Å². The zero-order valence-corrected chi connectivity index (χ0v) is 11.0. The van der Waals surface area contributed by atoms with Crippen LogP contribution in [0.25, 0.3) is 0 Å². The highest BCUT2D eigenvalue weighted by atomic mass is 79.9. The molecule has 0 saturated carbocycles. The minimum absolute atomic E-state index is 0.0611. The lowest BCUT2D eigenvalue weighted by molar-refractivity contribution is 0.0954. The number of rotatable bonds is 3. The highest BCUT2D eigenvalue weighted by molar-refractivity contribution is 9.10. The van der Waals surface area contributed by atoms with E-state index in [-0.39, 0.29) is 12.0 Å². The second-order valence-electron chi connectivity index (χ2n) is 4.31. The summed E-state index contributed by atoms with van der Waals surface area (Å²) in [7, 11) is 0. The van der Waals surface area contributed by atoms with Crippen LogP contribution in [0.15, 0.2) is 15.9 Å². The fraction of sp³-hybridized carbons (Fsp3) is 0.636. The Labute approximate surface area is 103 Å². The van der Waals surface area contributed by atoms with Gasteiger partial charge < -0.3 is 10.4 Å². The van der Waals surface area contributed by atoms with Crippen LogP contribution >= 0.6 is 27.3 Å². The largest absolute Gasteiger partial charge is 0.396 e. The summed E-state index contributed by atoms with van der Waals surface area (Å²) >= 11 is 5.33. The van der Waals surface area contributed by atoms with E-state index >= 15 is 0 Å². The Balaban J connectivity index is 2.10. The average Bonchev–Trinajstić information content (AvgIpc) is 2.66. The molecule has 1 atom stereocenters. The fourth-order valence-corrected chi connectivity index (χ4v) is 3.83. The van der Waals surface area contributed by atoms with Gasteiger partial charge in [-0.15, -0.1) is 11.3 Å². The van der Waals surface area contributed by atoms with Crippen molar-refractivity contribution in [2.24, 2.45) is 5.41 Å². The molecule has 15 heavy (non-hydrogen) atoms. The Bertz CT molecular complexity index is 320. The third-order valence-electron chi connectivity index (χ3n) is 3.12. The van der Waals surface area contributed by atoms with Crippen LogP contribution in [0.3, 0.4) is 0 Å². The second kappa shape index (κ2) is 4.95. The van der Waals surface area contributed by atoms with Crippen LogP contribution in [0.2, 0.25) is 0 Å². The van der Waals surface area contributed by atoms with Crippen molar-refractivity contribution in [3.05, 3.63) is 20.8 Å². The van der Waals surface area contributed by atoms with Gasteiger partial charge in [0.05, 0.1) is 6.61 Å². The van der Waals surface area contributed by atoms with Gasteiger partial charge in [-0.1, -0.05) is 0 Å². The van der Waals surface area contributed by atoms with Crippen LogP contribution in [-0.4, -0.2) is 24.8 Å². The van der Waals surface area contributed by atoms with E-state index in [0.29, 0.717) is 0 Å². The summed E-state index contributed by atoms with van der Waals surface area (Å²) in [6.45, 7) is 2.31. The van der Waals surface area contributed by atoms with Gasteiger partial charge in [-0.05, 0) is 53.2 Å². The van der Waals surface area contributed by atoms with E-state index in [1.54, 1.807) is 11.3 Å². The van der Waals surface area contributed by atoms with Crippen LogP contribution in [0.1, 0.15) is 17.7 Å². The van der Waals surface area contributed by atoms with Gasteiger partial charge in [0, 0.05) is 21.3 Å². The Hall–Kier alpha value is 0.1000. The minimum atomic E-state index is 0.0611. The number of thiophene rings is 1. The van der Waals surface area contributed by atoms with Crippen molar-refractivity contribution in [1.29, 1.82) is 0 Å². The van der Waals surface area contributed by atoms with E-state index < -0.39 is 0 Å². The van der Waals surface area contributed by atoms with E-state index in [9.17, 15) is 5.11 Å². The maximum Gasteiger partial charge on any atom is 0.0503 e. The second-order valence-corrected chi connectivity index (χ2v) is 6.16. The lowest BCUT2D eigenvalue weighted by atomic mass is 9.78. The van der Waals surface area contributed by atoms with Crippen molar-refractivity contribution in [2.45, 2.75) is 19.3 Å². The van der Waals surface area contributed by atoms with Crippen molar-refractivity contribution in [3.63, 3.8) is 0 Å². The van der Waals surface area contributed by atoms with E-state index in [2.05, 4.69) is 32.7 Å². The summed E-state index contributed by atoms with van der Waals surface area (Å²) in [6, 6.07) is 2.08. The van der Waals surface area contributed by atoms with Gasteiger partial charge in [0.2, 0.25) is 0 Å². The highest BCUT2D eigenvalue weighted by Gasteiger charge is 2.32.